The van der Waals surface area contributed by atoms with Crippen LogP contribution in [-0.2, 0) is 11.2 Å². The van der Waals surface area contributed by atoms with E-state index in [2.05, 4.69) is 26.3 Å². The number of aromatic nitrogens is 2. The lowest BCUT2D eigenvalue weighted by Crippen LogP contribution is -2.37. The molecule has 2 aliphatic rings. The van der Waals surface area contributed by atoms with Crippen molar-refractivity contribution in [2.75, 3.05) is 26.2 Å². The number of rotatable bonds is 4. The minimum Gasteiger partial charge on any atom is -0.341 e. The molecule has 1 saturated carbocycles. The van der Waals surface area contributed by atoms with Gasteiger partial charge in [-0.15, -0.1) is 24.8 Å². The lowest BCUT2D eigenvalue weighted by molar-refractivity contribution is -0.132. The van der Waals surface area contributed by atoms with Crippen LogP contribution in [0.1, 0.15) is 37.7 Å². The molecule has 0 bridgehead atoms. The van der Waals surface area contributed by atoms with Gasteiger partial charge in [-0.05, 0) is 54.9 Å². The van der Waals surface area contributed by atoms with E-state index < -0.39 is 0 Å². The fraction of sp³-hybridized carbons (Fsp3) is 0.571. The molecule has 1 aliphatic carbocycles. The molecule has 7 heteroatoms. The third-order valence-electron chi connectivity index (χ3n) is 5.85. The van der Waals surface area contributed by atoms with Crippen molar-refractivity contribution in [2.45, 2.75) is 38.5 Å². The van der Waals surface area contributed by atoms with E-state index in [1.807, 2.05) is 24.5 Å². The van der Waals surface area contributed by atoms with Gasteiger partial charge in [0.2, 0.25) is 5.91 Å². The number of halogens is 2. The molecule has 1 amide bonds. The number of hydrogen-bond donors (Lipinski definition) is 1. The van der Waals surface area contributed by atoms with Crippen LogP contribution in [0.3, 0.4) is 0 Å². The summed E-state index contributed by atoms with van der Waals surface area (Å²) in [5, 5.41) is 3.51. The van der Waals surface area contributed by atoms with Gasteiger partial charge in [-0.25, -0.2) is 0 Å². The molecule has 2 fully saturated rings. The topological polar surface area (TPSA) is 58.1 Å². The molecule has 0 spiro atoms. The molecule has 0 radical (unpaired) electrons. The molecule has 3 heterocycles. The summed E-state index contributed by atoms with van der Waals surface area (Å²) >= 11 is 0. The number of amides is 1. The Labute approximate surface area is 179 Å². The fourth-order valence-corrected chi connectivity index (χ4v) is 4.45. The molecule has 154 valence electrons. The first kappa shape index (κ1) is 22.9. The molecule has 28 heavy (non-hydrogen) atoms. The van der Waals surface area contributed by atoms with Gasteiger partial charge < -0.3 is 10.2 Å². The maximum absolute atomic E-state index is 12.8. The van der Waals surface area contributed by atoms with E-state index in [0.717, 1.165) is 50.1 Å². The number of hydrogen-bond acceptors (Lipinski definition) is 4. The Morgan fingerprint density at radius 3 is 2.75 bits per heavy atom. The van der Waals surface area contributed by atoms with Gasteiger partial charge in [0.25, 0.3) is 0 Å². The van der Waals surface area contributed by atoms with Crippen LogP contribution in [0.4, 0.5) is 0 Å². The molecule has 4 rings (SSSR count). The average molecular weight is 425 g/mol. The van der Waals surface area contributed by atoms with E-state index in [4.69, 9.17) is 0 Å². The summed E-state index contributed by atoms with van der Waals surface area (Å²) in [6, 6.07) is 6.01. The SMILES string of the molecule is Cl.Cl.O=C(CC1CCCC1)N1CCNCC(Cc2ccnc3cccnc23)C1. The summed E-state index contributed by atoms with van der Waals surface area (Å²) < 4.78 is 0. The van der Waals surface area contributed by atoms with Crippen molar-refractivity contribution in [1.29, 1.82) is 0 Å². The summed E-state index contributed by atoms with van der Waals surface area (Å²) in [5.74, 6) is 1.38. The summed E-state index contributed by atoms with van der Waals surface area (Å²) in [6.07, 6.45) is 10.4. The molecule has 1 atom stereocenters. The van der Waals surface area contributed by atoms with Crippen LogP contribution in [0.2, 0.25) is 0 Å². The van der Waals surface area contributed by atoms with Crippen LogP contribution in [0.15, 0.2) is 30.6 Å². The van der Waals surface area contributed by atoms with Gasteiger partial charge in [-0.3, -0.25) is 14.8 Å². The molecule has 2 aromatic heterocycles. The van der Waals surface area contributed by atoms with Crippen LogP contribution in [0, 0.1) is 11.8 Å². The second-order valence-electron chi connectivity index (χ2n) is 7.81. The van der Waals surface area contributed by atoms with Crippen molar-refractivity contribution in [3.63, 3.8) is 0 Å². The first-order valence-electron chi connectivity index (χ1n) is 9.96. The van der Waals surface area contributed by atoms with Crippen molar-refractivity contribution in [2.24, 2.45) is 11.8 Å². The number of nitrogens with one attached hydrogen (secondary N) is 1. The molecular weight excluding hydrogens is 395 g/mol. The predicted octanol–water partition coefficient (Wildman–Crippen LogP) is 3.64. The summed E-state index contributed by atoms with van der Waals surface area (Å²) in [7, 11) is 0. The highest BCUT2D eigenvalue weighted by Crippen LogP contribution is 2.28. The lowest BCUT2D eigenvalue weighted by atomic mass is 9.97. The Hall–Kier alpha value is -1.43. The largest absolute Gasteiger partial charge is 0.341 e. The molecule has 0 aromatic carbocycles. The average Bonchev–Trinajstić information content (AvgIpc) is 3.06. The molecule has 1 N–H and O–H groups in total. The second kappa shape index (κ2) is 10.9. The van der Waals surface area contributed by atoms with Crippen LogP contribution in [0.5, 0.6) is 0 Å². The minimum atomic E-state index is 0. The standard InChI is InChI=1S/C21H28N4O.2ClH/c26-20(13-16-4-1-2-5-16)25-11-10-22-14-17(15-25)12-18-7-9-23-19-6-3-8-24-21(18)19;;/h3,6-9,16-17,22H,1-2,4-5,10-15H2;2*1H. The Morgan fingerprint density at radius 2 is 1.93 bits per heavy atom. The zero-order valence-electron chi connectivity index (χ0n) is 16.2. The van der Waals surface area contributed by atoms with Gasteiger partial charge in [0, 0.05) is 45.0 Å². The zero-order chi connectivity index (χ0) is 17.8. The highest BCUT2D eigenvalue weighted by molar-refractivity contribution is 5.85. The number of carbonyl (C=O) groups is 1. The molecule has 2 aromatic rings. The Morgan fingerprint density at radius 1 is 1.11 bits per heavy atom. The Balaban J connectivity index is 0.00000140. The van der Waals surface area contributed by atoms with E-state index in [9.17, 15) is 4.79 Å². The number of carbonyl (C=O) groups excluding carboxylic acids is 1. The van der Waals surface area contributed by atoms with Gasteiger partial charge >= 0.3 is 0 Å². The Bertz CT molecular complexity index is 762. The number of pyridine rings is 2. The third-order valence-corrected chi connectivity index (χ3v) is 5.85. The van der Waals surface area contributed by atoms with E-state index in [1.165, 1.54) is 31.2 Å². The van der Waals surface area contributed by atoms with Crippen LogP contribution >= 0.6 is 24.8 Å². The van der Waals surface area contributed by atoms with E-state index >= 15 is 0 Å². The van der Waals surface area contributed by atoms with Crippen molar-refractivity contribution in [3.8, 4) is 0 Å². The van der Waals surface area contributed by atoms with Crippen molar-refractivity contribution in [3.05, 3.63) is 36.2 Å². The van der Waals surface area contributed by atoms with Crippen molar-refractivity contribution >= 4 is 41.8 Å². The molecule has 5 nitrogen and oxygen atoms in total. The summed E-state index contributed by atoms with van der Waals surface area (Å²) in [6.45, 7) is 3.51. The number of fused-ring (bicyclic) bond motifs is 1. The van der Waals surface area contributed by atoms with Gasteiger partial charge in [0.1, 0.15) is 0 Å². The quantitative estimate of drug-likeness (QED) is 0.813. The first-order valence-corrected chi connectivity index (χ1v) is 9.96. The third kappa shape index (κ3) is 5.56. The summed E-state index contributed by atoms with van der Waals surface area (Å²) in [5.41, 5.74) is 3.16. The van der Waals surface area contributed by atoms with Crippen molar-refractivity contribution < 1.29 is 4.79 Å². The van der Waals surface area contributed by atoms with Crippen LogP contribution in [-0.4, -0.2) is 47.0 Å². The normalized spacial score (nSPS) is 20.3. The van der Waals surface area contributed by atoms with E-state index in [0.29, 0.717) is 17.7 Å². The number of nitrogens with zero attached hydrogens (tertiary/aromatic N) is 3. The van der Waals surface area contributed by atoms with E-state index in [-0.39, 0.29) is 24.8 Å². The summed E-state index contributed by atoms with van der Waals surface area (Å²) in [4.78, 5) is 23.8. The maximum Gasteiger partial charge on any atom is 0.222 e. The predicted molar refractivity (Wildman–Crippen MR) is 117 cm³/mol. The lowest BCUT2D eigenvalue weighted by Gasteiger charge is -2.25. The maximum atomic E-state index is 12.8. The van der Waals surface area contributed by atoms with Gasteiger partial charge in [-0.1, -0.05) is 12.8 Å². The van der Waals surface area contributed by atoms with Crippen LogP contribution in [0.25, 0.3) is 11.0 Å². The van der Waals surface area contributed by atoms with Gasteiger partial charge in [0.15, 0.2) is 0 Å². The van der Waals surface area contributed by atoms with E-state index in [1.54, 1.807) is 0 Å². The molecular formula is C21H30Cl2N4O. The molecule has 1 unspecified atom stereocenters. The van der Waals surface area contributed by atoms with Gasteiger partial charge in [-0.2, -0.15) is 0 Å². The van der Waals surface area contributed by atoms with Crippen LogP contribution < -0.4 is 5.32 Å². The van der Waals surface area contributed by atoms with Crippen molar-refractivity contribution in [1.82, 2.24) is 20.2 Å². The fourth-order valence-electron chi connectivity index (χ4n) is 4.45. The highest BCUT2D eigenvalue weighted by atomic mass is 35.5. The minimum absolute atomic E-state index is 0. The van der Waals surface area contributed by atoms with Gasteiger partial charge in [0.05, 0.1) is 11.0 Å². The smallest absolute Gasteiger partial charge is 0.222 e. The monoisotopic (exact) mass is 424 g/mol. The molecule has 1 saturated heterocycles. The highest BCUT2D eigenvalue weighted by Gasteiger charge is 2.26. The Kier molecular flexibility index (Phi) is 8.93. The zero-order valence-corrected chi connectivity index (χ0v) is 17.8. The second-order valence-corrected chi connectivity index (χ2v) is 7.81. The first-order chi connectivity index (χ1) is 12.8. The molecule has 1 aliphatic heterocycles.